The zero-order valence-corrected chi connectivity index (χ0v) is 7.26. The number of halogens is 1. The molecule has 0 bridgehead atoms. The Labute approximate surface area is 72.7 Å². The third-order valence-corrected chi connectivity index (χ3v) is 2.44. The van der Waals surface area contributed by atoms with Crippen LogP contribution in [0.25, 0.3) is 0 Å². The maximum Gasteiger partial charge on any atom is 0.138 e. The van der Waals surface area contributed by atoms with Gasteiger partial charge in [0.25, 0.3) is 0 Å². The van der Waals surface area contributed by atoms with Crippen LogP contribution in [0.5, 0.6) is 0 Å². The predicted octanol–water partition coefficient (Wildman–Crippen LogP) is 2.66. The summed E-state index contributed by atoms with van der Waals surface area (Å²) in [6.07, 6.45) is 4.10. The minimum absolute atomic E-state index is 0.117. The molecule has 0 saturated heterocycles. The second kappa shape index (κ2) is 4.39. The number of hydrogen-bond donors (Lipinski definition) is 0. The van der Waals surface area contributed by atoms with Crippen molar-refractivity contribution >= 4 is 5.78 Å². The van der Waals surface area contributed by atoms with Crippen LogP contribution >= 0.6 is 0 Å². The summed E-state index contributed by atoms with van der Waals surface area (Å²) in [7, 11) is 0. The minimum atomic E-state index is -0.932. The van der Waals surface area contributed by atoms with Crippen LogP contribution in [-0.4, -0.2) is 12.0 Å². The third-order valence-electron chi connectivity index (χ3n) is 2.44. The second-order valence-electron chi connectivity index (χ2n) is 3.35. The van der Waals surface area contributed by atoms with Crippen molar-refractivity contribution in [3.8, 4) is 0 Å². The van der Waals surface area contributed by atoms with Crippen LogP contribution in [0.2, 0.25) is 0 Å². The van der Waals surface area contributed by atoms with Gasteiger partial charge in [0.1, 0.15) is 12.0 Å². The Balaban J connectivity index is 2.35. The van der Waals surface area contributed by atoms with Crippen LogP contribution in [0, 0.1) is 5.92 Å². The molecule has 1 nitrogen and oxygen atoms in total. The van der Waals surface area contributed by atoms with Crippen LogP contribution in [0.3, 0.4) is 0 Å². The number of hydrogen-bond acceptors (Lipinski definition) is 1. The first-order chi connectivity index (χ1) is 5.75. The van der Waals surface area contributed by atoms with Gasteiger partial charge in [-0.25, -0.2) is 4.39 Å². The Morgan fingerprint density at radius 2 is 2.50 bits per heavy atom. The van der Waals surface area contributed by atoms with Gasteiger partial charge in [0.2, 0.25) is 0 Å². The number of Topliss-reactive ketones (excluding diaryl/α,β-unsaturated/α-hetero) is 1. The fourth-order valence-electron chi connectivity index (χ4n) is 1.70. The molecular formula is C10H15FO. The maximum absolute atomic E-state index is 13.3. The highest BCUT2D eigenvalue weighted by Gasteiger charge is 2.31. The molecule has 0 N–H and O–H groups in total. The fraction of sp³-hybridized carbons (Fsp3) is 0.700. The number of rotatable bonds is 4. The zero-order chi connectivity index (χ0) is 8.97. The number of ketones is 1. The van der Waals surface area contributed by atoms with E-state index in [4.69, 9.17) is 0 Å². The smallest absolute Gasteiger partial charge is 0.138 e. The molecule has 2 unspecified atom stereocenters. The van der Waals surface area contributed by atoms with Crippen molar-refractivity contribution in [3.63, 3.8) is 0 Å². The Morgan fingerprint density at radius 1 is 1.75 bits per heavy atom. The van der Waals surface area contributed by atoms with E-state index in [-0.39, 0.29) is 11.7 Å². The van der Waals surface area contributed by atoms with E-state index in [0.717, 1.165) is 12.8 Å². The molecule has 2 atom stereocenters. The standard InChI is InChI=1S/C10H15FO/c1-2-3-6-9(11)8-5-4-7-10(8)12/h2,8-9H,1,3-7H2. The van der Waals surface area contributed by atoms with E-state index >= 15 is 0 Å². The molecule has 1 aliphatic rings. The predicted molar refractivity (Wildman–Crippen MR) is 46.7 cm³/mol. The SMILES string of the molecule is C=CCCC(F)C1CCCC1=O. The van der Waals surface area contributed by atoms with Gasteiger partial charge in [0, 0.05) is 12.3 Å². The molecule has 0 aliphatic heterocycles. The van der Waals surface area contributed by atoms with Crippen molar-refractivity contribution in [2.75, 3.05) is 0 Å². The zero-order valence-electron chi connectivity index (χ0n) is 7.26. The molecule has 0 spiro atoms. The van der Waals surface area contributed by atoms with Crippen LogP contribution in [0.15, 0.2) is 12.7 Å². The van der Waals surface area contributed by atoms with E-state index in [1.807, 2.05) is 0 Å². The first-order valence-corrected chi connectivity index (χ1v) is 4.53. The summed E-state index contributed by atoms with van der Waals surface area (Å²) in [5.41, 5.74) is 0. The highest BCUT2D eigenvalue weighted by molar-refractivity contribution is 5.83. The normalized spacial score (nSPS) is 25.8. The van der Waals surface area contributed by atoms with Crippen molar-refractivity contribution < 1.29 is 9.18 Å². The van der Waals surface area contributed by atoms with Crippen molar-refractivity contribution in [3.05, 3.63) is 12.7 Å². The number of allylic oxidation sites excluding steroid dienone is 1. The number of carbonyl (C=O) groups excluding carboxylic acids is 1. The van der Waals surface area contributed by atoms with E-state index in [1.165, 1.54) is 0 Å². The minimum Gasteiger partial charge on any atom is -0.299 e. The first kappa shape index (κ1) is 9.43. The molecule has 2 heteroatoms. The molecular weight excluding hydrogens is 155 g/mol. The van der Waals surface area contributed by atoms with Gasteiger partial charge in [-0.05, 0) is 25.7 Å². The van der Waals surface area contributed by atoms with Gasteiger partial charge in [-0.15, -0.1) is 6.58 Å². The second-order valence-corrected chi connectivity index (χ2v) is 3.35. The lowest BCUT2D eigenvalue weighted by atomic mass is 9.97. The van der Waals surface area contributed by atoms with Gasteiger partial charge in [0.15, 0.2) is 0 Å². The van der Waals surface area contributed by atoms with Crippen molar-refractivity contribution in [1.29, 1.82) is 0 Å². The quantitative estimate of drug-likeness (QED) is 0.593. The molecule has 0 heterocycles. The summed E-state index contributed by atoms with van der Waals surface area (Å²) in [5.74, 6) is -0.184. The van der Waals surface area contributed by atoms with E-state index in [1.54, 1.807) is 6.08 Å². The molecule has 1 saturated carbocycles. The Hall–Kier alpha value is -0.660. The van der Waals surface area contributed by atoms with Crippen LogP contribution in [0.1, 0.15) is 32.1 Å². The fourth-order valence-corrected chi connectivity index (χ4v) is 1.70. The van der Waals surface area contributed by atoms with E-state index in [2.05, 4.69) is 6.58 Å². The molecule has 0 aromatic rings. The van der Waals surface area contributed by atoms with Crippen molar-refractivity contribution in [2.24, 2.45) is 5.92 Å². The summed E-state index contributed by atoms with van der Waals surface area (Å²) in [5, 5.41) is 0. The Bertz CT molecular complexity index is 177. The molecule has 1 rings (SSSR count). The topological polar surface area (TPSA) is 17.1 Å². The lowest BCUT2D eigenvalue weighted by Crippen LogP contribution is -2.19. The van der Waals surface area contributed by atoms with E-state index in [0.29, 0.717) is 19.3 Å². The van der Waals surface area contributed by atoms with Crippen LogP contribution in [0.4, 0.5) is 4.39 Å². The van der Waals surface area contributed by atoms with Gasteiger partial charge in [-0.1, -0.05) is 6.08 Å². The monoisotopic (exact) mass is 170 g/mol. The average molecular weight is 170 g/mol. The van der Waals surface area contributed by atoms with Crippen LogP contribution in [-0.2, 0) is 4.79 Å². The Morgan fingerprint density at radius 3 is 3.00 bits per heavy atom. The summed E-state index contributed by atoms with van der Waals surface area (Å²) in [6, 6.07) is 0. The molecule has 0 aromatic heterocycles. The summed E-state index contributed by atoms with van der Waals surface area (Å²) < 4.78 is 13.3. The van der Waals surface area contributed by atoms with Gasteiger partial charge < -0.3 is 0 Å². The lowest BCUT2D eigenvalue weighted by molar-refractivity contribution is -0.122. The van der Waals surface area contributed by atoms with Crippen LogP contribution < -0.4 is 0 Å². The highest BCUT2D eigenvalue weighted by Crippen LogP contribution is 2.28. The largest absolute Gasteiger partial charge is 0.299 e. The molecule has 0 amide bonds. The van der Waals surface area contributed by atoms with Gasteiger partial charge in [0.05, 0.1) is 0 Å². The maximum atomic E-state index is 13.3. The summed E-state index contributed by atoms with van der Waals surface area (Å²) in [6.45, 7) is 3.53. The van der Waals surface area contributed by atoms with Gasteiger partial charge in [-0.2, -0.15) is 0 Å². The molecule has 12 heavy (non-hydrogen) atoms. The molecule has 68 valence electrons. The molecule has 0 radical (unpaired) electrons. The van der Waals surface area contributed by atoms with E-state index < -0.39 is 6.17 Å². The van der Waals surface area contributed by atoms with E-state index in [9.17, 15) is 9.18 Å². The third kappa shape index (κ3) is 2.16. The van der Waals surface area contributed by atoms with Gasteiger partial charge >= 0.3 is 0 Å². The molecule has 0 aromatic carbocycles. The molecule has 1 fully saturated rings. The Kier molecular flexibility index (Phi) is 3.45. The van der Waals surface area contributed by atoms with Crippen molar-refractivity contribution in [2.45, 2.75) is 38.3 Å². The summed E-state index contributed by atoms with van der Waals surface area (Å²) >= 11 is 0. The van der Waals surface area contributed by atoms with Gasteiger partial charge in [-0.3, -0.25) is 4.79 Å². The number of carbonyl (C=O) groups is 1. The highest BCUT2D eigenvalue weighted by atomic mass is 19.1. The first-order valence-electron chi connectivity index (χ1n) is 4.53. The average Bonchev–Trinajstić information content (AvgIpc) is 2.47. The number of alkyl halides is 1. The summed E-state index contributed by atoms with van der Waals surface area (Å²) in [4.78, 5) is 11.1. The molecule has 1 aliphatic carbocycles. The van der Waals surface area contributed by atoms with Crippen molar-refractivity contribution in [1.82, 2.24) is 0 Å². The lowest BCUT2D eigenvalue weighted by Gasteiger charge is -2.12.